The first-order chi connectivity index (χ1) is 12.0. The van der Waals surface area contributed by atoms with E-state index in [1.165, 1.54) is 24.5 Å². The summed E-state index contributed by atoms with van der Waals surface area (Å²) >= 11 is 3.20. The lowest BCUT2D eigenvalue weighted by molar-refractivity contribution is -0.119. The van der Waals surface area contributed by atoms with Crippen molar-refractivity contribution in [2.24, 2.45) is 0 Å². The van der Waals surface area contributed by atoms with Gasteiger partial charge in [-0.25, -0.2) is 9.59 Å². The van der Waals surface area contributed by atoms with E-state index >= 15 is 0 Å². The van der Waals surface area contributed by atoms with Gasteiger partial charge < -0.3 is 14.8 Å². The number of carbonyl (C=O) groups is 3. The third-order valence-electron chi connectivity index (χ3n) is 2.95. The summed E-state index contributed by atoms with van der Waals surface area (Å²) in [5.74, 6) is -1.58. The molecular weight excluding hydrogens is 392 g/mol. The quantitative estimate of drug-likeness (QED) is 0.741. The number of benzene rings is 1. The fourth-order valence-electron chi connectivity index (χ4n) is 1.84. The summed E-state index contributed by atoms with van der Waals surface area (Å²) in [6.45, 7) is 1.57. The maximum absolute atomic E-state index is 11.8. The molecule has 8 heteroatoms. The molecule has 0 aliphatic heterocycles. The molecule has 7 nitrogen and oxygen atoms in total. The maximum Gasteiger partial charge on any atom is 0.340 e. The summed E-state index contributed by atoms with van der Waals surface area (Å²) < 4.78 is 10.4. The molecule has 0 radical (unpaired) electrons. The molecule has 2 aromatic rings. The van der Waals surface area contributed by atoms with Gasteiger partial charge in [0.25, 0.3) is 5.91 Å². The lowest BCUT2D eigenvalue weighted by Gasteiger charge is -2.07. The third-order valence-corrected chi connectivity index (χ3v) is 3.39. The topological polar surface area (TPSA) is 94.6 Å². The van der Waals surface area contributed by atoms with Crippen molar-refractivity contribution in [2.75, 3.05) is 18.5 Å². The van der Waals surface area contributed by atoms with Gasteiger partial charge in [-0.2, -0.15) is 0 Å². The van der Waals surface area contributed by atoms with Gasteiger partial charge in [-0.05, 0) is 53.2 Å². The zero-order valence-corrected chi connectivity index (χ0v) is 14.9. The Morgan fingerprint density at radius 2 is 1.72 bits per heavy atom. The number of esters is 2. The van der Waals surface area contributed by atoms with Crippen molar-refractivity contribution in [3.8, 4) is 0 Å². The smallest absolute Gasteiger partial charge is 0.340 e. The van der Waals surface area contributed by atoms with Crippen LogP contribution in [0.3, 0.4) is 0 Å². The minimum absolute atomic E-state index is 0.237. The standard InChI is InChI=1S/C17H15BrN2O5/c1-2-24-16(22)11-3-5-14(6-4-11)20-15(21)10-25-17(23)12-7-13(18)9-19-8-12/h3-9H,2,10H2,1H3,(H,20,21). The van der Waals surface area contributed by atoms with E-state index in [1.807, 2.05) is 0 Å². The van der Waals surface area contributed by atoms with E-state index in [1.54, 1.807) is 25.1 Å². The molecule has 130 valence electrons. The minimum atomic E-state index is -0.651. The second-order valence-electron chi connectivity index (χ2n) is 4.81. The first kappa shape index (κ1) is 18.6. The van der Waals surface area contributed by atoms with Gasteiger partial charge in [-0.3, -0.25) is 9.78 Å². The molecule has 0 aliphatic carbocycles. The zero-order chi connectivity index (χ0) is 18.2. The van der Waals surface area contributed by atoms with Crippen molar-refractivity contribution in [1.82, 2.24) is 4.98 Å². The number of amides is 1. The molecule has 25 heavy (non-hydrogen) atoms. The minimum Gasteiger partial charge on any atom is -0.462 e. The third kappa shape index (κ3) is 5.68. The van der Waals surface area contributed by atoms with Crippen LogP contribution in [0.4, 0.5) is 5.69 Å². The molecule has 0 bridgehead atoms. The van der Waals surface area contributed by atoms with Crippen LogP contribution in [0.15, 0.2) is 47.2 Å². The summed E-state index contributed by atoms with van der Waals surface area (Å²) in [5, 5.41) is 2.57. The van der Waals surface area contributed by atoms with Crippen LogP contribution in [-0.2, 0) is 14.3 Å². The number of rotatable bonds is 6. The number of aromatic nitrogens is 1. The summed E-state index contributed by atoms with van der Waals surface area (Å²) in [6, 6.07) is 7.73. The Balaban J connectivity index is 1.86. The van der Waals surface area contributed by atoms with Crippen LogP contribution in [0, 0.1) is 0 Å². The number of halogens is 1. The fourth-order valence-corrected chi connectivity index (χ4v) is 2.20. The van der Waals surface area contributed by atoms with E-state index in [9.17, 15) is 14.4 Å². The monoisotopic (exact) mass is 406 g/mol. The van der Waals surface area contributed by atoms with Crippen LogP contribution in [-0.4, -0.2) is 36.0 Å². The van der Waals surface area contributed by atoms with Crippen molar-refractivity contribution in [1.29, 1.82) is 0 Å². The molecule has 1 N–H and O–H groups in total. The van der Waals surface area contributed by atoms with Gasteiger partial charge in [0.1, 0.15) is 0 Å². The molecule has 0 spiro atoms. The second-order valence-corrected chi connectivity index (χ2v) is 5.73. The highest BCUT2D eigenvalue weighted by Gasteiger charge is 2.12. The molecule has 1 heterocycles. The highest BCUT2D eigenvalue weighted by atomic mass is 79.9. The number of ether oxygens (including phenoxy) is 2. The largest absolute Gasteiger partial charge is 0.462 e. The Kier molecular flexibility index (Phi) is 6.64. The molecule has 0 unspecified atom stereocenters. The Labute approximate surface area is 152 Å². The van der Waals surface area contributed by atoms with Gasteiger partial charge in [0.05, 0.1) is 17.7 Å². The van der Waals surface area contributed by atoms with Crippen molar-refractivity contribution in [3.63, 3.8) is 0 Å². The van der Waals surface area contributed by atoms with Gasteiger partial charge in [-0.15, -0.1) is 0 Å². The van der Waals surface area contributed by atoms with Crippen LogP contribution >= 0.6 is 15.9 Å². The van der Waals surface area contributed by atoms with Crippen molar-refractivity contribution in [3.05, 3.63) is 58.3 Å². The Morgan fingerprint density at radius 3 is 2.36 bits per heavy atom. The number of nitrogens with zero attached hydrogens (tertiary/aromatic N) is 1. The maximum atomic E-state index is 11.8. The summed E-state index contributed by atoms with van der Waals surface area (Å²) in [6.07, 6.45) is 2.88. The first-order valence-electron chi connectivity index (χ1n) is 7.34. The fraction of sp³-hybridized carbons (Fsp3) is 0.176. The number of hydrogen-bond acceptors (Lipinski definition) is 6. The molecule has 0 fully saturated rings. The Bertz CT molecular complexity index is 777. The summed E-state index contributed by atoms with van der Waals surface area (Å²) in [7, 11) is 0. The highest BCUT2D eigenvalue weighted by Crippen LogP contribution is 2.12. The van der Waals surface area contributed by atoms with Crippen molar-refractivity contribution in [2.45, 2.75) is 6.92 Å². The molecule has 1 amide bonds. The number of nitrogens with one attached hydrogen (secondary N) is 1. The Hall–Kier alpha value is -2.74. The zero-order valence-electron chi connectivity index (χ0n) is 13.3. The predicted octanol–water partition coefficient (Wildman–Crippen LogP) is 2.82. The molecule has 1 aromatic heterocycles. The predicted molar refractivity (Wildman–Crippen MR) is 93.2 cm³/mol. The average Bonchev–Trinajstić information content (AvgIpc) is 2.60. The number of anilines is 1. The van der Waals surface area contributed by atoms with Gasteiger partial charge in [-0.1, -0.05) is 0 Å². The summed E-state index contributed by atoms with van der Waals surface area (Å²) in [4.78, 5) is 39.0. The van der Waals surface area contributed by atoms with Crippen molar-refractivity contribution >= 4 is 39.5 Å². The van der Waals surface area contributed by atoms with Crippen LogP contribution in [0.25, 0.3) is 0 Å². The van der Waals surface area contributed by atoms with E-state index in [0.717, 1.165) is 0 Å². The SMILES string of the molecule is CCOC(=O)c1ccc(NC(=O)COC(=O)c2cncc(Br)c2)cc1. The normalized spacial score (nSPS) is 10.0. The highest BCUT2D eigenvalue weighted by molar-refractivity contribution is 9.10. The molecule has 0 saturated heterocycles. The van der Waals surface area contributed by atoms with Gasteiger partial charge in [0.2, 0.25) is 0 Å². The van der Waals surface area contributed by atoms with E-state index in [-0.39, 0.29) is 12.2 Å². The van der Waals surface area contributed by atoms with Crippen molar-refractivity contribution < 1.29 is 23.9 Å². The number of pyridine rings is 1. The molecule has 2 rings (SSSR count). The summed E-state index contributed by atoms with van der Waals surface area (Å²) in [5.41, 5.74) is 1.09. The number of hydrogen-bond donors (Lipinski definition) is 1. The second kappa shape index (κ2) is 8.93. The average molecular weight is 407 g/mol. The van der Waals surface area contributed by atoms with Gasteiger partial charge >= 0.3 is 11.9 Å². The molecule has 0 saturated carbocycles. The first-order valence-corrected chi connectivity index (χ1v) is 8.13. The van der Waals surface area contributed by atoms with Gasteiger partial charge in [0.15, 0.2) is 6.61 Å². The van der Waals surface area contributed by atoms with Crippen LogP contribution in [0.5, 0.6) is 0 Å². The molecular formula is C17H15BrN2O5. The molecule has 0 atom stereocenters. The van der Waals surface area contributed by atoms with E-state index < -0.39 is 24.5 Å². The van der Waals surface area contributed by atoms with E-state index in [2.05, 4.69) is 26.2 Å². The number of carbonyl (C=O) groups excluding carboxylic acids is 3. The molecule has 1 aromatic carbocycles. The van der Waals surface area contributed by atoms with Gasteiger partial charge in [0, 0.05) is 22.6 Å². The lowest BCUT2D eigenvalue weighted by Crippen LogP contribution is -2.21. The lowest BCUT2D eigenvalue weighted by atomic mass is 10.2. The van der Waals surface area contributed by atoms with Crippen LogP contribution in [0.2, 0.25) is 0 Å². The van der Waals surface area contributed by atoms with Crippen LogP contribution in [0.1, 0.15) is 27.6 Å². The molecule has 0 aliphatic rings. The Morgan fingerprint density at radius 1 is 1.04 bits per heavy atom. The van der Waals surface area contributed by atoms with E-state index in [0.29, 0.717) is 15.7 Å². The van der Waals surface area contributed by atoms with E-state index in [4.69, 9.17) is 9.47 Å². The van der Waals surface area contributed by atoms with Crippen LogP contribution < -0.4 is 5.32 Å².